The molecule has 1 aliphatic rings. The summed E-state index contributed by atoms with van der Waals surface area (Å²) in [5.41, 5.74) is 10.9. The number of thiophene rings is 1. The van der Waals surface area contributed by atoms with Crippen molar-refractivity contribution in [2.75, 3.05) is 29.1 Å². The maximum absolute atomic E-state index is 12.9. The van der Waals surface area contributed by atoms with Crippen molar-refractivity contribution < 1.29 is 14.1 Å². The van der Waals surface area contributed by atoms with E-state index < -0.39 is 0 Å². The van der Waals surface area contributed by atoms with Crippen molar-refractivity contribution in [2.45, 2.75) is 33.1 Å². The molecule has 4 heterocycles. The molecule has 1 aromatic carbocycles. The Hall–Kier alpha value is -3.46. The van der Waals surface area contributed by atoms with Crippen LogP contribution in [0.25, 0.3) is 21.5 Å². The summed E-state index contributed by atoms with van der Waals surface area (Å²) in [5.74, 6) is -0.0519. The average molecular weight is 450 g/mol. The van der Waals surface area contributed by atoms with Crippen molar-refractivity contribution in [3.8, 4) is 11.3 Å². The van der Waals surface area contributed by atoms with Gasteiger partial charge in [0.1, 0.15) is 9.71 Å². The van der Waals surface area contributed by atoms with Gasteiger partial charge >= 0.3 is 5.88 Å². The van der Waals surface area contributed by atoms with Crippen LogP contribution in [0, 0.1) is 13.8 Å². The van der Waals surface area contributed by atoms with Gasteiger partial charge in [-0.15, -0.1) is 11.3 Å². The van der Waals surface area contributed by atoms with Gasteiger partial charge in [0.25, 0.3) is 12.1 Å². The summed E-state index contributed by atoms with van der Waals surface area (Å²) >= 11 is 1.28. The molecule has 0 saturated carbocycles. The minimum Gasteiger partial charge on any atom is -0.397 e. The molecule has 0 unspecified atom stereocenters. The Bertz CT molecular complexity index is 1290. The number of nitrogens with one attached hydrogen (secondary N) is 1. The summed E-state index contributed by atoms with van der Waals surface area (Å²) in [6, 6.07) is 10.2. The summed E-state index contributed by atoms with van der Waals surface area (Å²) in [6.07, 6.45) is 5.15. The lowest BCUT2D eigenvalue weighted by Crippen LogP contribution is -2.60. The number of nitrogens with zero attached hydrogens (tertiary/aromatic N) is 4. The Kier molecular flexibility index (Phi) is 5.26. The zero-order valence-electron chi connectivity index (χ0n) is 18.1. The number of nitrogens with two attached hydrogens (primary N) is 1. The molecular formula is C23H25N6O2S+. The normalized spacial score (nSPS) is 14.1. The van der Waals surface area contributed by atoms with Crippen LogP contribution < -0.4 is 20.9 Å². The lowest BCUT2D eigenvalue weighted by Gasteiger charge is -2.17. The van der Waals surface area contributed by atoms with E-state index in [0.29, 0.717) is 10.6 Å². The van der Waals surface area contributed by atoms with Gasteiger partial charge in [0.15, 0.2) is 0 Å². The number of fused-ring (bicyclic) bond motifs is 1. The summed E-state index contributed by atoms with van der Waals surface area (Å²) < 4.78 is 5.32. The third kappa shape index (κ3) is 3.80. The SMILES string of the molecule is Cc1ccc(-c2nc3sc(C(=O)Nc4c[n+](N5CCCCC5)no4)c(N)c3cc2C)cc1. The number of pyridine rings is 1. The molecule has 1 saturated heterocycles. The van der Waals surface area contributed by atoms with Gasteiger partial charge in [-0.2, -0.15) is 5.01 Å². The number of piperidine rings is 1. The van der Waals surface area contributed by atoms with Crippen LogP contribution in [0.2, 0.25) is 0 Å². The Morgan fingerprint density at radius 1 is 1.19 bits per heavy atom. The number of carbonyl (C=O) groups is 1. The van der Waals surface area contributed by atoms with Crippen LogP contribution >= 0.6 is 11.3 Å². The molecule has 0 radical (unpaired) electrons. The third-order valence-electron chi connectivity index (χ3n) is 5.76. The van der Waals surface area contributed by atoms with E-state index in [4.69, 9.17) is 15.2 Å². The van der Waals surface area contributed by atoms with Crippen LogP contribution in [-0.2, 0) is 0 Å². The van der Waals surface area contributed by atoms with Crippen molar-refractivity contribution in [1.82, 2.24) is 10.3 Å². The minimum atomic E-state index is -0.331. The van der Waals surface area contributed by atoms with Gasteiger partial charge in [-0.3, -0.25) is 14.6 Å². The summed E-state index contributed by atoms with van der Waals surface area (Å²) in [4.78, 5) is 20.6. The number of aryl methyl sites for hydroxylation is 2. The number of benzene rings is 1. The number of carbonyl (C=O) groups excluding carboxylic acids is 1. The fraction of sp³-hybridized carbons (Fsp3) is 0.304. The predicted octanol–water partition coefficient (Wildman–Crippen LogP) is 3.81. The van der Waals surface area contributed by atoms with Gasteiger partial charge < -0.3 is 5.73 Å². The van der Waals surface area contributed by atoms with E-state index in [-0.39, 0.29) is 11.8 Å². The first kappa shape index (κ1) is 20.4. The van der Waals surface area contributed by atoms with Gasteiger partial charge in [-0.25, -0.2) is 4.98 Å². The first-order valence-electron chi connectivity index (χ1n) is 10.7. The standard InChI is InChI=1S/C23H24N6O2S/c1-14-6-8-16(9-7-14)20-15(2)12-17-19(24)21(32-23(17)26-20)22(30)25-18-13-29(27-31-18)28-10-4-3-5-11-28/h6-9,12-13H,3-5,10-11H2,1-2H3,(H2-,24,25,27,30)/p+1. The van der Waals surface area contributed by atoms with E-state index in [1.165, 1.54) is 23.3 Å². The predicted molar refractivity (Wildman–Crippen MR) is 125 cm³/mol. The topological polar surface area (TPSA) is 101 Å². The lowest BCUT2D eigenvalue weighted by atomic mass is 10.0. The molecular weight excluding hydrogens is 424 g/mol. The third-order valence-corrected chi connectivity index (χ3v) is 6.87. The average Bonchev–Trinajstić information content (AvgIpc) is 3.39. The molecule has 0 atom stereocenters. The van der Waals surface area contributed by atoms with Crippen LogP contribution in [0.5, 0.6) is 0 Å². The van der Waals surface area contributed by atoms with Gasteiger partial charge in [0, 0.05) is 10.9 Å². The summed E-state index contributed by atoms with van der Waals surface area (Å²) in [6.45, 7) is 5.90. The Morgan fingerprint density at radius 2 is 1.94 bits per heavy atom. The second-order valence-corrected chi connectivity index (χ2v) is 9.17. The van der Waals surface area contributed by atoms with Gasteiger partial charge in [-0.05, 0) is 44.7 Å². The molecule has 0 aliphatic carbocycles. The van der Waals surface area contributed by atoms with Gasteiger partial charge in [0.2, 0.25) is 5.27 Å². The van der Waals surface area contributed by atoms with Crippen LogP contribution in [0.1, 0.15) is 40.1 Å². The second kappa shape index (κ2) is 8.23. The Labute approximate surface area is 189 Å². The first-order valence-corrected chi connectivity index (χ1v) is 11.5. The molecule has 4 aromatic rings. The molecule has 32 heavy (non-hydrogen) atoms. The molecule has 5 rings (SSSR count). The molecule has 0 bridgehead atoms. The number of nitrogen functional groups attached to an aromatic ring is 1. The molecule has 3 aromatic heterocycles. The first-order chi connectivity index (χ1) is 15.5. The quantitative estimate of drug-likeness (QED) is 0.460. The number of rotatable bonds is 4. The van der Waals surface area contributed by atoms with Crippen LogP contribution in [-0.4, -0.2) is 29.3 Å². The summed E-state index contributed by atoms with van der Waals surface area (Å²) in [7, 11) is 0. The van der Waals surface area contributed by atoms with E-state index in [1.807, 2.05) is 13.0 Å². The lowest BCUT2D eigenvalue weighted by molar-refractivity contribution is -0.759. The number of anilines is 2. The fourth-order valence-corrected chi connectivity index (χ4v) is 4.96. The highest BCUT2D eigenvalue weighted by Crippen LogP contribution is 2.36. The van der Waals surface area contributed by atoms with E-state index in [1.54, 1.807) is 11.0 Å². The zero-order valence-corrected chi connectivity index (χ0v) is 18.9. The fourth-order valence-electron chi connectivity index (χ4n) is 3.99. The molecule has 8 nitrogen and oxygen atoms in total. The second-order valence-electron chi connectivity index (χ2n) is 8.17. The Morgan fingerprint density at radius 3 is 2.69 bits per heavy atom. The number of hydrogen-bond acceptors (Lipinski definition) is 7. The number of hydrogen-bond donors (Lipinski definition) is 2. The van der Waals surface area contributed by atoms with Crippen LogP contribution in [0.3, 0.4) is 0 Å². The minimum absolute atomic E-state index is 0.280. The largest absolute Gasteiger partial charge is 0.397 e. The van der Waals surface area contributed by atoms with E-state index in [0.717, 1.165) is 53.0 Å². The summed E-state index contributed by atoms with van der Waals surface area (Å²) in [5, 5.41) is 9.68. The van der Waals surface area contributed by atoms with Gasteiger partial charge in [-0.1, -0.05) is 29.8 Å². The maximum Gasteiger partial charge on any atom is 0.306 e. The smallest absolute Gasteiger partial charge is 0.306 e. The molecule has 1 aliphatic heterocycles. The molecule has 164 valence electrons. The number of aromatic nitrogens is 3. The zero-order chi connectivity index (χ0) is 22.2. The molecule has 1 amide bonds. The van der Waals surface area contributed by atoms with Gasteiger partial charge in [0.05, 0.1) is 29.3 Å². The van der Waals surface area contributed by atoms with E-state index >= 15 is 0 Å². The molecule has 9 heteroatoms. The highest BCUT2D eigenvalue weighted by molar-refractivity contribution is 7.21. The molecule has 1 fully saturated rings. The Balaban J connectivity index is 1.41. The highest BCUT2D eigenvalue weighted by Gasteiger charge is 2.25. The van der Waals surface area contributed by atoms with Crippen molar-refractivity contribution in [3.63, 3.8) is 0 Å². The van der Waals surface area contributed by atoms with E-state index in [2.05, 4.69) is 46.8 Å². The molecule has 0 spiro atoms. The monoisotopic (exact) mass is 449 g/mol. The van der Waals surface area contributed by atoms with Crippen LogP contribution in [0.4, 0.5) is 11.6 Å². The van der Waals surface area contributed by atoms with Crippen LogP contribution in [0.15, 0.2) is 41.1 Å². The highest BCUT2D eigenvalue weighted by atomic mass is 32.1. The van der Waals surface area contributed by atoms with Crippen molar-refractivity contribution in [1.29, 1.82) is 0 Å². The van der Waals surface area contributed by atoms with Crippen molar-refractivity contribution in [2.24, 2.45) is 0 Å². The molecule has 3 N–H and O–H groups in total. The number of amides is 1. The maximum atomic E-state index is 12.9. The van der Waals surface area contributed by atoms with Crippen molar-refractivity contribution >= 4 is 39.0 Å². The van der Waals surface area contributed by atoms with E-state index in [9.17, 15) is 4.79 Å². The van der Waals surface area contributed by atoms with Crippen molar-refractivity contribution in [3.05, 3.63) is 52.5 Å².